The first kappa shape index (κ1) is 15.2. The zero-order chi connectivity index (χ0) is 14.5. The molecule has 19 heavy (non-hydrogen) atoms. The molecule has 0 atom stereocenters. The topological polar surface area (TPSA) is 20.3 Å². The summed E-state index contributed by atoms with van der Waals surface area (Å²) in [6.45, 7) is 12.6. The summed E-state index contributed by atoms with van der Waals surface area (Å²) < 4.78 is 0. The molecule has 0 saturated heterocycles. The van der Waals surface area contributed by atoms with Crippen LogP contribution in [-0.4, -0.2) is 12.5 Å². The van der Waals surface area contributed by atoms with Gasteiger partial charge in [0.25, 0.3) is 5.91 Å². The minimum atomic E-state index is -0.0147. The molecule has 0 saturated carbocycles. The molecular weight excluding hydrogens is 234 g/mol. The van der Waals surface area contributed by atoms with E-state index in [0.29, 0.717) is 6.54 Å². The normalized spacial score (nSPS) is 11.6. The van der Waals surface area contributed by atoms with Gasteiger partial charge in [-0.3, -0.25) is 4.79 Å². The third-order valence-electron chi connectivity index (χ3n) is 2.89. The Kier molecular flexibility index (Phi) is 5.11. The van der Waals surface area contributed by atoms with Crippen molar-refractivity contribution in [1.82, 2.24) is 0 Å². The quantitative estimate of drug-likeness (QED) is 0.588. The van der Waals surface area contributed by atoms with Gasteiger partial charge in [0, 0.05) is 12.2 Å². The van der Waals surface area contributed by atoms with Gasteiger partial charge in [0.1, 0.15) is 0 Å². The lowest BCUT2D eigenvalue weighted by Crippen LogP contribution is -2.31. The molecule has 1 amide bonds. The Balaban J connectivity index is 3.31. The smallest absolute Gasteiger partial charge is 0.250 e. The summed E-state index contributed by atoms with van der Waals surface area (Å²) in [5.74, 6) is -0.0147. The average Bonchev–Trinajstić information content (AvgIpc) is 2.35. The van der Waals surface area contributed by atoms with Gasteiger partial charge in [0.2, 0.25) is 0 Å². The highest BCUT2D eigenvalue weighted by Gasteiger charge is 2.22. The number of hydrogen-bond acceptors (Lipinski definition) is 1. The minimum absolute atomic E-state index is 0.00772. The molecular formula is C17H23NO. The van der Waals surface area contributed by atoms with Crippen LogP contribution < -0.4 is 4.90 Å². The van der Waals surface area contributed by atoms with Crippen LogP contribution in [0.4, 0.5) is 5.69 Å². The minimum Gasteiger partial charge on any atom is -0.305 e. The van der Waals surface area contributed by atoms with Crippen molar-refractivity contribution in [1.29, 1.82) is 0 Å². The predicted molar refractivity (Wildman–Crippen MR) is 82.5 cm³/mol. The van der Waals surface area contributed by atoms with Gasteiger partial charge in [0.15, 0.2) is 0 Å². The van der Waals surface area contributed by atoms with E-state index in [-0.39, 0.29) is 11.3 Å². The summed E-state index contributed by atoms with van der Waals surface area (Å²) in [7, 11) is 0. The van der Waals surface area contributed by atoms with Gasteiger partial charge in [-0.2, -0.15) is 0 Å². The SMILES string of the molecule is C=CCN(C(=O)/C=C/C)c1ccccc1C(C)(C)C. The first-order valence-electron chi connectivity index (χ1n) is 6.56. The Labute approximate surface area is 116 Å². The molecule has 2 nitrogen and oxygen atoms in total. The summed E-state index contributed by atoms with van der Waals surface area (Å²) in [4.78, 5) is 14.0. The van der Waals surface area contributed by atoms with E-state index in [9.17, 15) is 4.79 Å². The number of carbonyl (C=O) groups excluding carboxylic acids is 1. The number of rotatable bonds is 4. The number of benzene rings is 1. The van der Waals surface area contributed by atoms with Gasteiger partial charge in [0.05, 0.1) is 0 Å². The lowest BCUT2D eigenvalue weighted by Gasteiger charge is -2.29. The van der Waals surface area contributed by atoms with E-state index in [4.69, 9.17) is 0 Å². The maximum atomic E-state index is 12.2. The van der Waals surface area contributed by atoms with Crippen molar-refractivity contribution in [2.75, 3.05) is 11.4 Å². The number of carbonyl (C=O) groups is 1. The van der Waals surface area contributed by atoms with Crippen LogP contribution in [0.1, 0.15) is 33.3 Å². The van der Waals surface area contributed by atoms with E-state index in [1.165, 1.54) is 0 Å². The fraction of sp³-hybridized carbons (Fsp3) is 0.353. The predicted octanol–water partition coefficient (Wildman–Crippen LogP) is 4.08. The highest BCUT2D eigenvalue weighted by atomic mass is 16.2. The lowest BCUT2D eigenvalue weighted by molar-refractivity contribution is -0.114. The molecule has 0 heterocycles. The molecule has 0 spiro atoms. The molecule has 0 N–H and O–H groups in total. The Morgan fingerprint density at radius 1 is 1.32 bits per heavy atom. The fourth-order valence-electron chi connectivity index (χ4n) is 2.01. The van der Waals surface area contributed by atoms with E-state index < -0.39 is 0 Å². The molecule has 1 aromatic carbocycles. The van der Waals surface area contributed by atoms with Gasteiger partial charge >= 0.3 is 0 Å². The zero-order valence-electron chi connectivity index (χ0n) is 12.3. The van der Waals surface area contributed by atoms with Gasteiger partial charge in [-0.1, -0.05) is 51.1 Å². The highest BCUT2D eigenvalue weighted by Crippen LogP contribution is 2.32. The Bertz CT molecular complexity index is 480. The summed E-state index contributed by atoms with van der Waals surface area (Å²) in [5, 5.41) is 0. The molecule has 0 aliphatic rings. The fourth-order valence-corrected chi connectivity index (χ4v) is 2.01. The van der Waals surface area contributed by atoms with E-state index in [0.717, 1.165) is 11.3 Å². The second-order valence-corrected chi connectivity index (χ2v) is 5.50. The van der Waals surface area contributed by atoms with E-state index in [1.807, 2.05) is 25.1 Å². The van der Waals surface area contributed by atoms with E-state index >= 15 is 0 Å². The Morgan fingerprint density at radius 3 is 2.47 bits per heavy atom. The van der Waals surface area contributed by atoms with Crippen molar-refractivity contribution < 1.29 is 4.79 Å². The molecule has 102 valence electrons. The molecule has 2 heteroatoms. The molecule has 0 aliphatic heterocycles. The standard InChI is InChI=1S/C17H23NO/c1-6-10-16(19)18(13-7-2)15-12-9-8-11-14(15)17(3,4)5/h6-12H,2,13H2,1,3-5H3/b10-6+. The van der Waals surface area contributed by atoms with Gasteiger partial charge < -0.3 is 4.90 Å². The van der Waals surface area contributed by atoms with E-state index in [1.54, 1.807) is 23.1 Å². The van der Waals surface area contributed by atoms with Crippen LogP contribution >= 0.6 is 0 Å². The molecule has 1 rings (SSSR count). The summed E-state index contributed by atoms with van der Waals surface area (Å²) in [6.07, 6.45) is 5.10. The Morgan fingerprint density at radius 2 is 1.95 bits per heavy atom. The molecule has 0 aliphatic carbocycles. The van der Waals surface area contributed by atoms with Crippen LogP contribution in [0.2, 0.25) is 0 Å². The first-order valence-corrected chi connectivity index (χ1v) is 6.56. The number of allylic oxidation sites excluding steroid dienone is 1. The number of hydrogen-bond donors (Lipinski definition) is 0. The van der Waals surface area contributed by atoms with Crippen LogP contribution in [0.5, 0.6) is 0 Å². The lowest BCUT2D eigenvalue weighted by atomic mass is 9.85. The van der Waals surface area contributed by atoms with Crippen molar-refractivity contribution in [2.24, 2.45) is 0 Å². The number of nitrogens with zero attached hydrogens (tertiary/aromatic N) is 1. The van der Waals surface area contributed by atoms with Crippen LogP contribution in [0.3, 0.4) is 0 Å². The van der Waals surface area contributed by atoms with Crippen LogP contribution in [0.15, 0.2) is 49.1 Å². The van der Waals surface area contributed by atoms with Gasteiger partial charge in [-0.25, -0.2) is 0 Å². The molecule has 0 unspecified atom stereocenters. The van der Waals surface area contributed by atoms with Crippen molar-refractivity contribution >= 4 is 11.6 Å². The molecule has 0 fully saturated rings. The van der Waals surface area contributed by atoms with Crippen molar-refractivity contribution in [3.05, 3.63) is 54.6 Å². The second-order valence-electron chi connectivity index (χ2n) is 5.50. The van der Waals surface area contributed by atoms with Crippen LogP contribution in [0.25, 0.3) is 0 Å². The Hall–Kier alpha value is -1.83. The molecule has 0 bridgehead atoms. The third kappa shape index (κ3) is 3.82. The summed E-state index contributed by atoms with van der Waals surface area (Å²) in [6, 6.07) is 8.04. The van der Waals surface area contributed by atoms with Gasteiger partial charge in [-0.15, -0.1) is 6.58 Å². The van der Waals surface area contributed by atoms with Crippen molar-refractivity contribution in [3.8, 4) is 0 Å². The van der Waals surface area contributed by atoms with Crippen molar-refractivity contribution in [2.45, 2.75) is 33.1 Å². The van der Waals surface area contributed by atoms with Crippen molar-refractivity contribution in [3.63, 3.8) is 0 Å². The average molecular weight is 257 g/mol. The first-order chi connectivity index (χ1) is 8.91. The zero-order valence-corrected chi connectivity index (χ0v) is 12.3. The third-order valence-corrected chi connectivity index (χ3v) is 2.89. The molecule has 0 aromatic heterocycles. The molecule has 1 aromatic rings. The summed E-state index contributed by atoms with van der Waals surface area (Å²) in [5.41, 5.74) is 2.11. The maximum absolute atomic E-state index is 12.2. The highest BCUT2D eigenvalue weighted by molar-refractivity contribution is 6.02. The van der Waals surface area contributed by atoms with Crippen LogP contribution in [0, 0.1) is 0 Å². The maximum Gasteiger partial charge on any atom is 0.250 e. The molecule has 0 radical (unpaired) electrons. The van der Waals surface area contributed by atoms with E-state index in [2.05, 4.69) is 33.4 Å². The number of anilines is 1. The summed E-state index contributed by atoms with van der Waals surface area (Å²) >= 11 is 0. The number of para-hydroxylation sites is 1. The largest absolute Gasteiger partial charge is 0.305 e. The second kappa shape index (κ2) is 6.37. The monoisotopic (exact) mass is 257 g/mol. The van der Waals surface area contributed by atoms with Crippen LogP contribution in [-0.2, 0) is 10.2 Å². The number of amides is 1. The van der Waals surface area contributed by atoms with Gasteiger partial charge in [-0.05, 0) is 30.0 Å².